The fraction of sp³-hybridized carbons (Fsp3) is 0.200. The van der Waals surface area contributed by atoms with Gasteiger partial charge in [-0.1, -0.05) is 36.4 Å². The number of rotatable bonds is 7. The summed E-state index contributed by atoms with van der Waals surface area (Å²) in [6.07, 6.45) is 0. The monoisotopic (exact) mass is 368 g/mol. The maximum atomic E-state index is 12.2. The first kappa shape index (κ1) is 18.5. The number of hydrogen-bond donors (Lipinski definition) is 2. The lowest BCUT2D eigenvalue weighted by atomic mass is 10.1. The van der Waals surface area contributed by atoms with E-state index in [0.29, 0.717) is 17.8 Å². The van der Waals surface area contributed by atoms with E-state index in [0.717, 1.165) is 11.1 Å². The highest BCUT2D eigenvalue weighted by molar-refractivity contribution is 5.99. The predicted molar refractivity (Wildman–Crippen MR) is 99.3 cm³/mol. The van der Waals surface area contributed by atoms with Crippen molar-refractivity contribution in [3.05, 3.63) is 65.9 Å². The Hall–Kier alpha value is -3.32. The average molecular weight is 368 g/mol. The minimum Gasteiger partial charge on any atom is -0.491 e. The van der Waals surface area contributed by atoms with Gasteiger partial charge in [0.25, 0.3) is 5.91 Å². The van der Waals surface area contributed by atoms with Gasteiger partial charge in [-0.15, -0.1) is 0 Å². The Kier molecular flexibility index (Phi) is 6.06. The van der Waals surface area contributed by atoms with Gasteiger partial charge in [0.1, 0.15) is 24.5 Å². The van der Waals surface area contributed by atoms with Crippen LogP contribution in [0.15, 0.2) is 59.0 Å². The molecule has 7 heteroatoms. The van der Waals surface area contributed by atoms with Crippen molar-refractivity contribution in [1.29, 1.82) is 0 Å². The number of amides is 2. The molecular formula is C20H20N2O5. The second-order valence-corrected chi connectivity index (χ2v) is 5.77. The molecule has 0 atom stereocenters. The molecule has 0 radical (unpaired) electrons. The zero-order valence-electron chi connectivity index (χ0n) is 14.9. The number of hydrazine groups is 1. The standard InChI is InChI=1S/C20H20N2O5/c1-14-16-9-5-6-10-17(16)27-19(14)20(24)22-21-18(23)13-25-11-12-26-15-7-3-2-4-8-15/h2-10H,11-13H2,1H3,(H,21,23)(H,22,24). The van der Waals surface area contributed by atoms with Crippen LogP contribution in [0.1, 0.15) is 16.1 Å². The Morgan fingerprint density at radius 2 is 1.70 bits per heavy atom. The first-order valence-electron chi connectivity index (χ1n) is 8.48. The number of fused-ring (bicyclic) bond motifs is 1. The van der Waals surface area contributed by atoms with Gasteiger partial charge in [-0.3, -0.25) is 20.4 Å². The summed E-state index contributed by atoms with van der Waals surface area (Å²) in [4.78, 5) is 23.9. The zero-order chi connectivity index (χ0) is 19.1. The van der Waals surface area contributed by atoms with Crippen LogP contribution in [0, 0.1) is 6.92 Å². The number of carbonyl (C=O) groups is 2. The lowest BCUT2D eigenvalue weighted by molar-refractivity contribution is -0.126. The van der Waals surface area contributed by atoms with Gasteiger partial charge in [-0.05, 0) is 25.1 Å². The largest absolute Gasteiger partial charge is 0.491 e. The Morgan fingerprint density at radius 1 is 0.963 bits per heavy atom. The SMILES string of the molecule is Cc1c(C(=O)NNC(=O)COCCOc2ccccc2)oc2ccccc12. The molecule has 0 fully saturated rings. The molecule has 0 saturated carbocycles. The number of nitrogens with one attached hydrogen (secondary N) is 2. The first-order chi connectivity index (χ1) is 13.1. The third kappa shape index (κ3) is 4.86. The molecule has 2 aromatic carbocycles. The minimum atomic E-state index is -0.524. The summed E-state index contributed by atoms with van der Waals surface area (Å²) in [6.45, 7) is 2.16. The molecule has 7 nitrogen and oxygen atoms in total. The number of para-hydroxylation sites is 2. The Bertz CT molecular complexity index is 921. The van der Waals surface area contributed by atoms with E-state index in [1.54, 1.807) is 13.0 Å². The molecule has 1 aromatic heterocycles. The molecule has 2 N–H and O–H groups in total. The van der Waals surface area contributed by atoms with Crippen molar-refractivity contribution in [2.75, 3.05) is 19.8 Å². The number of ether oxygens (including phenoxy) is 2. The van der Waals surface area contributed by atoms with Gasteiger partial charge in [0.05, 0.1) is 6.61 Å². The molecule has 0 unspecified atom stereocenters. The van der Waals surface area contributed by atoms with Crippen LogP contribution in [0.3, 0.4) is 0 Å². The van der Waals surface area contributed by atoms with Gasteiger partial charge < -0.3 is 13.9 Å². The van der Waals surface area contributed by atoms with Crippen LogP contribution >= 0.6 is 0 Å². The minimum absolute atomic E-state index is 0.161. The maximum absolute atomic E-state index is 12.2. The van der Waals surface area contributed by atoms with E-state index < -0.39 is 11.8 Å². The zero-order valence-corrected chi connectivity index (χ0v) is 14.9. The summed E-state index contributed by atoms with van der Waals surface area (Å²) in [5, 5.41) is 0.857. The number of aryl methyl sites for hydroxylation is 1. The molecular weight excluding hydrogens is 348 g/mol. The lowest BCUT2D eigenvalue weighted by Crippen LogP contribution is -2.43. The van der Waals surface area contributed by atoms with E-state index in [1.807, 2.05) is 48.5 Å². The fourth-order valence-electron chi connectivity index (χ4n) is 2.51. The molecule has 1 heterocycles. The topological polar surface area (TPSA) is 89.8 Å². The van der Waals surface area contributed by atoms with Gasteiger partial charge in [-0.2, -0.15) is 0 Å². The summed E-state index contributed by atoms with van der Waals surface area (Å²) < 4.78 is 16.2. The maximum Gasteiger partial charge on any atom is 0.305 e. The summed E-state index contributed by atoms with van der Waals surface area (Å²) >= 11 is 0. The van der Waals surface area contributed by atoms with Crippen molar-refractivity contribution in [3.63, 3.8) is 0 Å². The van der Waals surface area contributed by atoms with Gasteiger partial charge in [0, 0.05) is 10.9 Å². The smallest absolute Gasteiger partial charge is 0.305 e. The molecule has 3 rings (SSSR count). The summed E-state index contributed by atoms with van der Waals surface area (Å²) in [5.74, 6) is -0.103. The number of hydrogen-bond acceptors (Lipinski definition) is 5. The molecule has 3 aromatic rings. The van der Waals surface area contributed by atoms with Crippen molar-refractivity contribution < 1.29 is 23.5 Å². The van der Waals surface area contributed by atoms with Crippen LogP contribution in [-0.2, 0) is 9.53 Å². The Morgan fingerprint density at radius 3 is 2.48 bits per heavy atom. The first-order valence-corrected chi connectivity index (χ1v) is 8.48. The number of furan rings is 1. The second-order valence-electron chi connectivity index (χ2n) is 5.77. The van der Waals surface area contributed by atoms with E-state index in [1.165, 1.54) is 0 Å². The van der Waals surface area contributed by atoms with E-state index in [-0.39, 0.29) is 19.0 Å². The van der Waals surface area contributed by atoms with E-state index in [9.17, 15) is 9.59 Å². The van der Waals surface area contributed by atoms with Crippen LogP contribution in [0.25, 0.3) is 11.0 Å². The summed E-state index contributed by atoms with van der Waals surface area (Å²) in [7, 11) is 0. The van der Waals surface area contributed by atoms with E-state index >= 15 is 0 Å². The van der Waals surface area contributed by atoms with Gasteiger partial charge in [-0.25, -0.2) is 0 Å². The number of carbonyl (C=O) groups excluding carboxylic acids is 2. The molecule has 0 bridgehead atoms. The van der Waals surface area contributed by atoms with Crippen molar-refractivity contribution >= 4 is 22.8 Å². The van der Waals surface area contributed by atoms with Crippen LogP contribution in [-0.4, -0.2) is 31.6 Å². The molecule has 0 aliphatic rings. The molecule has 27 heavy (non-hydrogen) atoms. The second kappa shape index (κ2) is 8.86. The highest BCUT2D eigenvalue weighted by atomic mass is 16.5. The number of benzene rings is 2. The molecule has 2 amide bonds. The highest BCUT2D eigenvalue weighted by Crippen LogP contribution is 2.24. The normalized spacial score (nSPS) is 10.6. The molecule has 0 aliphatic carbocycles. The summed E-state index contributed by atoms with van der Waals surface area (Å²) in [6, 6.07) is 16.7. The third-order valence-corrected chi connectivity index (χ3v) is 3.84. The highest BCUT2D eigenvalue weighted by Gasteiger charge is 2.17. The van der Waals surface area contributed by atoms with Crippen LogP contribution in [0.2, 0.25) is 0 Å². The van der Waals surface area contributed by atoms with Gasteiger partial charge in [0.2, 0.25) is 0 Å². The average Bonchev–Trinajstić information content (AvgIpc) is 3.04. The van der Waals surface area contributed by atoms with Crippen LogP contribution < -0.4 is 15.6 Å². The third-order valence-electron chi connectivity index (χ3n) is 3.84. The molecule has 0 aliphatic heterocycles. The fourth-order valence-corrected chi connectivity index (χ4v) is 2.51. The van der Waals surface area contributed by atoms with Crippen molar-refractivity contribution in [3.8, 4) is 5.75 Å². The van der Waals surface area contributed by atoms with E-state index in [2.05, 4.69) is 10.9 Å². The van der Waals surface area contributed by atoms with Crippen molar-refractivity contribution in [2.45, 2.75) is 6.92 Å². The van der Waals surface area contributed by atoms with Gasteiger partial charge >= 0.3 is 5.91 Å². The molecule has 140 valence electrons. The van der Waals surface area contributed by atoms with Crippen LogP contribution in [0.5, 0.6) is 5.75 Å². The predicted octanol–water partition coefficient (Wildman–Crippen LogP) is 2.60. The molecule has 0 saturated heterocycles. The lowest BCUT2D eigenvalue weighted by Gasteiger charge is -2.08. The van der Waals surface area contributed by atoms with Crippen molar-refractivity contribution in [1.82, 2.24) is 10.9 Å². The van der Waals surface area contributed by atoms with E-state index in [4.69, 9.17) is 13.9 Å². The van der Waals surface area contributed by atoms with Crippen molar-refractivity contribution in [2.24, 2.45) is 0 Å². The summed E-state index contributed by atoms with van der Waals surface area (Å²) in [5.41, 5.74) is 5.95. The Balaban J connectivity index is 1.38. The quantitative estimate of drug-likeness (QED) is 0.494. The van der Waals surface area contributed by atoms with Crippen LogP contribution in [0.4, 0.5) is 0 Å². The molecule has 0 spiro atoms. The van der Waals surface area contributed by atoms with Gasteiger partial charge in [0.15, 0.2) is 5.76 Å². The Labute approximate surface area is 156 Å².